The predicted octanol–water partition coefficient (Wildman–Crippen LogP) is 0.882. The van der Waals surface area contributed by atoms with E-state index in [0.717, 1.165) is 0 Å². The first-order valence-electron chi connectivity index (χ1n) is 2.16. The fourth-order valence-electron chi connectivity index (χ4n) is 0.417. The molecule has 0 bridgehead atoms. The number of hydrogen-bond donors (Lipinski definition) is 1. The number of nitrogens with one attached hydrogen (secondary N) is 1. The third-order valence-corrected chi connectivity index (χ3v) is 0.955. The zero-order valence-electron chi connectivity index (χ0n) is 4.15. The summed E-state index contributed by atoms with van der Waals surface area (Å²) in [5.41, 5.74) is 0.292. The SMILES string of the molecule is CC1(C)C=CN1. The van der Waals surface area contributed by atoms with Gasteiger partial charge in [-0.1, -0.05) is 0 Å². The largest absolute Gasteiger partial charge is 0.383 e. The third-order valence-electron chi connectivity index (χ3n) is 0.955. The lowest BCUT2D eigenvalue weighted by Crippen LogP contribution is -2.40. The van der Waals surface area contributed by atoms with Crippen LogP contribution in [0, 0.1) is 0 Å². The van der Waals surface area contributed by atoms with Crippen LogP contribution in [0.2, 0.25) is 0 Å². The van der Waals surface area contributed by atoms with Crippen molar-refractivity contribution in [3.63, 3.8) is 0 Å². The van der Waals surface area contributed by atoms with Crippen LogP contribution in [0.15, 0.2) is 12.3 Å². The highest BCUT2D eigenvalue weighted by molar-refractivity contribution is 5.11. The van der Waals surface area contributed by atoms with Crippen molar-refractivity contribution in [3.05, 3.63) is 12.3 Å². The molecule has 0 fully saturated rings. The van der Waals surface area contributed by atoms with Gasteiger partial charge in [0, 0.05) is 0 Å². The summed E-state index contributed by atoms with van der Waals surface area (Å²) in [6.45, 7) is 4.26. The van der Waals surface area contributed by atoms with Gasteiger partial charge in [-0.3, -0.25) is 0 Å². The molecule has 1 heteroatoms. The highest BCUT2D eigenvalue weighted by atomic mass is 15.0. The molecule has 6 heavy (non-hydrogen) atoms. The Hall–Kier alpha value is -0.460. The quantitative estimate of drug-likeness (QED) is 0.458. The van der Waals surface area contributed by atoms with Crippen LogP contribution in [0.1, 0.15) is 13.8 Å². The van der Waals surface area contributed by atoms with E-state index in [0.29, 0.717) is 5.54 Å². The molecule has 0 aromatic heterocycles. The summed E-state index contributed by atoms with van der Waals surface area (Å²) in [6.07, 6.45) is 4.09. The molecule has 0 unspecified atom stereocenters. The van der Waals surface area contributed by atoms with Crippen molar-refractivity contribution in [2.45, 2.75) is 19.4 Å². The van der Waals surface area contributed by atoms with Gasteiger partial charge >= 0.3 is 0 Å². The van der Waals surface area contributed by atoms with Gasteiger partial charge in [0.1, 0.15) is 0 Å². The lowest BCUT2D eigenvalue weighted by molar-refractivity contribution is 0.499. The van der Waals surface area contributed by atoms with E-state index < -0.39 is 0 Å². The molecule has 0 saturated heterocycles. The Morgan fingerprint density at radius 1 is 1.50 bits per heavy atom. The van der Waals surface area contributed by atoms with Crippen LogP contribution >= 0.6 is 0 Å². The first-order chi connectivity index (χ1) is 2.71. The Morgan fingerprint density at radius 3 is 1.83 bits per heavy atom. The van der Waals surface area contributed by atoms with Crippen LogP contribution in [0.4, 0.5) is 0 Å². The van der Waals surface area contributed by atoms with Gasteiger partial charge in [-0.2, -0.15) is 0 Å². The second kappa shape index (κ2) is 0.780. The maximum atomic E-state index is 3.10. The summed E-state index contributed by atoms with van der Waals surface area (Å²) in [7, 11) is 0. The molecule has 0 radical (unpaired) electrons. The predicted molar refractivity (Wildman–Crippen MR) is 26.4 cm³/mol. The second-order valence-corrected chi connectivity index (χ2v) is 2.20. The number of hydrogen-bond acceptors (Lipinski definition) is 1. The second-order valence-electron chi connectivity index (χ2n) is 2.20. The van der Waals surface area contributed by atoms with Crippen molar-refractivity contribution in [1.29, 1.82) is 0 Å². The minimum atomic E-state index is 0.292. The van der Waals surface area contributed by atoms with Crippen molar-refractivity contribution < 1.29 is 0 Å². The first-order valence-corrected chi connectivity index (χ1v) is 2.16. The fraction of sp³-hybridized carbons (Fsp3) is 0.600. The molecule has 0 spiro atoms. The molecule has 1 rings (SSSR count). The normalized spacial score (nSPS) is 25.0. The lowest BCUT2D eigenvalue weighted by atomic mass is 10.0. The van der Waals surface area contributed by atoms with E-state index in [2.05, 4.69) is 25.2 Å². The van der Waals surface area contributed by atoms with Gasteiger partial charge in [-0.05, 0) is 26.1 Å². The molecule has 0 saturated carbocycles. The summed E-state index contributed by atoms with van der Waals surface area (Å²) >= 11 is 0. The zero-order chi connectivity index (χ0) is 4.62. The average molecular weight is 83.1 g/mol. The summed E-state index contributed by atoms with van der Waals surface area (Å²) < 4.78 is 0. The molecule has 0 amide bonds. The van der Waals surface area contributed by atoms with Gasteiger partial charge < -0.3 is 5.32 Å². The Kier molecular flexibility index (Phi) is 0.484. The molecule has 0 aromatic rings. The minimum absolute atomic E-state index is 0.292. The van der Waals surface area contributed by atoms with Crippen LogP contribution in [0.25, 0.3) is 0 Å². The molecule has 0 aromatic carbocycles. The van der Waals surface area contributed by atoms with E-state index in [1.54, 1.807) is 0 Å². The minimum Gasteiger partial charge on any atom is -0.383 e. The summed E-state index contributed by atoms with van der Waals surface area (Å²) in [4.78, 5) is 0. The standard InChI is InChI=1S/C5H9N/c1-5(2)3-4-6-5/h3-4,6H,1-2H3. The van der Waals surface area contributed by atoms with Crippen molar-refractivity contribution >= 4 is 0 Å². The van der Waals surface area contributed by atoms with E-state index in [1.807, 2.05) is 6.20 Å². The Balaban J connectivity index is 2.57. The summed E-state index contributed by atoms with van der Waals surface area (Å²) in [6, 6.07) is 0. The molecule has 1 nitrogen and oxygen atoms in total. The molecule has 1 aliphatic rings. The average Bonchev–Trinajstić information content (AvgIpc) is 1.32. The molecular weight excluding hydrogens is 74.1 g/mol. The third kappa shape index (κ3) is 0.402. The molecular formula is C5H9N. The zero-order valence-corrected chi connectivity index (χ0v) is 4.15. The number of rotatable bonds is 0. The van der Waals surface area contributed by atoms with Gasteiger partial charge in [0.2, 0.25) is 0 Å². The Bertz CT molecular complexity index is 81.9. The maximum Gasteiger partial charge on any atom is 0.0511 e. The molecule has 1 aliphatic heterocycles. The Labute approximate surface area is 38.1 Å². The smallest absolute Gasteiger partial charge is 0.0511 e. The molecule has 34 valence electrons. The van der Waals surface area contributed by atoms with Crippen LogP contribution in [-0.2, 0) is 0 Å². The van der Waals surface area contributed by atoms with Gasteiger partial charge in [0.15, 0.2) is 0 Å². The van der Waals surface area contributed by atoms with Gasteiger partial charge in [-0.25, -0.2) is 0 Å². The monoisotopic (exact) mass is 83.1 g/mol. The van der Waals surface area contributed by atoms with Gasteiger partial charge in [0.05, 0.1) is 5.54 Å². The van der Waals surface area contributed by atoms with E-state index in [4.69, 9.17) is 0 Å². The fourth-order valence-corrected chi connectivity index (χ4v) is 0.417. The Morgan fingerprint density at radius 2 is 1.83 bits per heavy atom. The molecule has 1 heterocycles. The van der Waals surface area contributed by atoms with Gasteiger partial charge in [-0.15, -0.1) is 0 Å². The van der Waals surface area contributed by atoms with Crippen LogP contribution < -0.4 is 5.32 Å². The van der Waals surface area contributed by atoms with E-state index in [9.17, 15) is 0 Å². The molecule has 1 N–H and O–H groups in total. The van der Waals surface area contributed by atoms with Gasteiger partial charge in [0.25, 0.3) is 0 Å². The first kappa shape index (κ1) is 3.72. The van der Waals surface area contributed by atoms with E-state index in [1.165, 1.54) is 0 Å². The topological polar surface area (TPSA) is 12.0 Å². The maximum absolute atomic E-state index is 3.10. The highest BCUT2D eigenvalue weighted by Crippen LogP contribution is 2.09. The van der Waals surface area contributed by atoms with Crippen molar-refractivity contribution in [3.8, 4) is 0 Å². The summed E-state index contributed by atoms with van der Waals surface area (Å²) in [5.74, 6) is 0. The van der Waals surface area contributed by atoms with E-state index in [-0.39, 0.29) is 0 Å². The van der Waals surface area contributed by atoms with Crippen LogP contribution in [0.3, 0.4) is 0 Å². The lowest BCUT2D eigenvalue weighted by Gasteiger charge is -2.28. The van der Waals surface area contributed by atoms with E-state index >= 15 is 0 Å². The van der Waals surface area contributed by atoms with Crippen LogP contribution in [0.5, 0.6) is 0 Å². The molecule has 0 aliphatic carbocycles. The van der Waals surface area contributed by atoms with Crippen molar-refractivity contribution in [2.24, 2.45) is 0 Å². The van der Waals surface area contributed by atoms with Crippen molar-refractivity contribution in [2.75, 3.05) is 0 Å². The van der Waals surface area contributed by atoms with Crippen molar-refractivity contribution in [1.82, 2.24) is 5.32 Å². The highest BCUT2D eigenvalue weighted by Gasteiger charge is 2.15. The van der Waals surface area contributed by atoms with Crippen LogP contribution in [-0.4, -0.2) is 5.54 Å². The molecule has 0 atom stereocenters. The summed E-state index contributed by atoms with van der Waals surface area (Å²) in [5, 5.41) is 3.10.